The van der Waals surface area contributed by atoms with E-state index in [-0.39, 0.29) is 12.7 Å². The molecule has 0 bridgehead atoms. The number of carbonyl (C=O) groups excluding carboxylic acids is 1. The van der Waals surface area contributed by atoms with Gasteiger partial charge >= 0.3 is 0 Å². The number of fused-ring (bicyclic) bond motifs is 1. The van der Waals surface area contributed by atoms with Crippen LogP contribution in [0.4, 0.5) is 5.88 Å². The Morgan fingerprint density at radius 1 is 0.943 bits per heavy atom. The summed E-state index contributed by atoms with van der Waals surface area (Å²) in [4.78, 5) is 17.8. The second-order valence-corrected chi connectivity index (χ2v) is 8.68. The largest absolute Gasteiger partial charge is 0.467 e. The number of furan rings is 1. The lowest BCUT2D eigenvalue weighted by Crippen LogP contribution is -2.31. The van der Waals surface area contributed by atoms with E-state index in [1.165, 1.54) is 0 Å². The van der Waals surface area contributed by atoms with Crippen molar-refractivity contribution in [3.05, 3.63) is 83.8 Å². The predicted molar refractivity (Wildman–Crippen MR) is 128 cm³/mol. The van der Waals surface area contributed by atoms with Crippen LogP contribution in [0.5, 0.6) is 11.5 Å². The standard InChI is InChI=1S/C27H25N3O5/c31-26(20-10-11-23-24(15-20)34-18-33-23)30(16-21-9-6-14-32-21)17-22-25(19-7-2-1-3-8-19)28-35-27(22)29-12-4-5-13-29/h1-3,6-11,14-15H,4-5,12-13,16-18H2. The fourth-order valence-electron chi connectivity index (χ4n) is 4.63. The molecule has 35 heavy (non-hydrogen) atoms. The topological polar surface area (TPSA) is 81.2 Å². The van der Waals surface area contributed by atoms with Crippen molar-refractivity contribution in [1.29, 1.82) is 0 Å². The van der Waals surface area contributed by atoms with Gasteiger partial charge in [-0.25, -0.2) is 0 Å². The second kappa shape index (κ2) is 9.21. The summed E-state index contributed by atoms with van der Waals surface area (Å²) >= 11 is 0. The Morgan fingerprint density at radius 3 is 2.57 bits per heavy atom. The van der Waals surface area contributed by atoms with Crippen LogP contribution in [0.1, 0.15) is 34.5 Å². The zero-order valence-electron chi connectivity index (χ0n) is 19.2. The first-order valence-corrected chi connectivity index (χ1v) is 11.8. The Kier molecular flexibility index (Phi) is 5.62. The van der Waals surface area contributed by atoms with Crippen molar-refractivity contribution >= 4 is 11.8 Å². The van der Waals surface area contributed by atoms with Crippen molar-refractivity contribution in [3.8, 4) is 22.8 Å². The molecule has 8 heteroatoms. The molecule has 6 rings (SSSR count). The SMILES string of the molecule is O=C(c1ccc2c(c1)OCO2)N(Cc1ccco1)Cc1c(-c2ccccc2)noc1N1CCCC1. The molecule has 1 saturated heterocycles. The first kappa shape index (κ1) is 21.3. The Labute approximate surface area is 202 Å². The molecule has 4 aromatic rings. The fraction of sp³-hybridized carbons (Fsp3) is 0.259. The Morgan fingerprint density at radius 2 is 1.77 bits per heavy atom. The molecule has 0 atom stereocenters. The maximum atomic E-state index is 13.8. The van der Waals surface area contributed by atoms with Gasteiger partial charge in [-0.1, -0.05) is 35.5 Å². The van der Waals surface area contributed by atoms with E-state index in [2.05, 4.69) is 10.1 Å². The highest BCUT2D eigenvalue weighted by molar-refractivity contribution is 5.95. The summed E-state index contributed by atoms with van der Waals surface area (Å²) in [6, 6.07) is 18.9. The molecule has 2 aromatic carbocycles. The average molecular weight is 472 g/mol. The molecule has 2 aromatic heterocycles. The lowest BCUT2D eigenvalue weighted by Gasteiger charge is -2.24. The van der Waals surface area contributed by atoms with Crippen LogP contribution in [-0.2, 0) is 13.1 Å². The molecule has 0 saturated carbocycles. The van der Waals surface area contributed by atoms with Crippen LogP contribution in [0, 0.1) is 0 Å². The van der Waals surface area contributed by atoms with Crippen LogP contribution in [0.25, 0.3) is 11.3 Å². The van der Waals surface area contributed by atoms with Crippen molar-refractivity contribution < 1.29 is 23.2 Å². The molecule has 0 N–H and O–H groups in total. The molecule has 0 spiro atoms. The molecule has 2 aliphatic rings. The molecule has 0 unspecified atom stereocenters. The van der Waals surface area contributed by atoms with Gasteiger partial charge in [-0.05, 0) is 43.2 Å². The molecule has 1 amide bonds. The third-order valence-electron chi connectivity index (χ3n) is 6.39. The minimum absolute atomic E-state index is 0.146. The third kappa shape index (κ3) is 4.23. The zero-order valence-corrected chi connectivity index (χ0v) is 19.2. The third-order valence-corrected chi connectivity index (χ3v) is 6.39. The highest BCUT2D eigenvalue weighted by Gasteiger charge is 2.29. The number of nitrogens with zero attached hydrogens (tertiary/aromatic N) is 3. The van der Waals surface area contributed by atoms with E-state index in [1.807, 2.05) is 42.5 Å². The van der Waals surface area contributed by atoms with Gasteiger partial charge in [0, 0.05) is 24.2 Å². The molecule has 8 nitrogen and oxygen atoms in total. The second-order valence-electron chi connectivity index (χ2n) is 8.68. The van der Waals surface area contributed by atoms with E-state index in [0.29, 0.717) is 35.9 Å². The van der Waals surface area contributed by atoms with Crippen molar-refractivity contribution in [2.75, 3.05) is 24.8 Å². The quantitative estimate of drug-likeness (QED) is 0.371. The van der Waals surface area contributed by atoms with Crippen LogP contribution < -0.4 is 14.4 Å². The van der Waals surface area contributed by atoms with E-state index in [1.54, 1.807) is 29.4 Å². The molecule has 2 aliphatic heterocycles. The number of benzene rings is 2. The van der Waals surface area contributed by atoms with Crippen molar-refractivity contribution in [1.82, 2.24) is 10.1 Å². The van der Waals surface area contributed by atoms with Gasteiger partial charge in [0.2, 0.25) is 12.7 Å². The van der Waals surface area contributed by atoms with Crippen LogP contribution in [0.2, 0.25) is 0 Å². The van der Waals surface area contributed by atoms with Gasteiger partial charge < -0.3 is 28.2 Å². The molecular formula is C27H25N3O5. The lowest BCUT2D eigenvalue weighted by molar-refractivity contribution is 0.0717. The highest BCUT2D eigenvalue weighted by Crippen LogP contribution is 2.36. The monoisotopic (exact) mass is 471 g/mol. The summed E-state index contributed by atoms with van der Waals surface area (Å²) in [6.07, 6.45) is 3.82. The van der Waals surface area contributed by atoms with Gasteiger partial charge in [0.25, 0.3) is 5.91 Å². The van der Waals surface area contributed by atoms with Gasteiger partial charge in [-0.15, -0.1) is 0 Å². The molecule has 0 radical (unpaired) electrons. The zero-order chi connectivity index (χ0) is 23.6. The number of rotatable bonds is 7. The summed E-state index contributed by atoms with van der Waals surface area (Å²) in [6.45, 7) is 2.59. The minimum Gasteiger partial charge on any atom is -0.467 e. The number of carbonyl (C=O) groups is 1. The molecule has 1 fully saturated rings. The summed E-state index contributed by atoms with van der Waals surface area (Å²) in [5, 5.41) is 4.45. The van der Waals surface area contributed by atoms with E-state index in [4.69, 9.17) is 18.4 Å². The number of aromatic nitrogens is 1. The Balaban J connectivity index is 1.39. The van der Waals surface area contributed by atoms with Gasteiger partial charge in [0.1, 0.15) is 11.5 Å². The summed E-state index contributed by atoms with van der Waals surface area (Å²) in [5.74, 6) is 2.48. The van der Waals surface area contributed by atoms with Gasteiger partial charge in [-0.3, -0.25) is 4.79 Å². The first-order valence-electron chi connectivity index (χ1n) is 11.8. The molecule has 4 heterocycles. The number of amides is 1. The summed E-state index contributed by atoms with van der Waals surface area (Å²) in [7, 11) is 0. The normalized spacial score (nSPS) is 14.5. The smallest absolute Gasteiger partial charge is 0.254 e. The highest BCUT2D eigenvalue weighted by atomic mass is 16.7. The fourth-order valence-corrected chi connectivity index (χ4v) is 4.63. The Hall–Kier alpha value is -4.20. The van der Waals surface area contributed by atoms with Crippen molar-refractivity contribution in [2.24, 2.45) is 0 Å². The number of ether oxygens (including phenoxy) is 2. The van der Waals surface area contributed by atoms with Crippen molar-refractivity contribution in [3.63, 3.8) is 0 Å². The van der Waals surface area contributed by atoms with Crippen LogP contribution >= 0.6 is 0 Å². The van der Waals surface area contributed by atoms with E-state index in [0.717, 1.165) is 48.6 Å². The number of hydrogen-bond donors (Lipinski definition) is 0. The average Bonchev–Trinajstić information content (AvgIpc) is 3.70. The molecule has 0 aliphatic carbocycles. The first-order chi connectivity index (χ1) is 17.3. The van der Waals surface area contributed by atoms with Crippen LogP contribution in [-0.4, -0.2) is 35.8 Å². The minimum atomic E-state index is -0.146. The van der Waals surface area contributed by atoms with Gasteiger partial charge in [0.15, 0.2) is 11.5 Å². The summed E-state index contributed by atoms with van der Waals surface area (Å²) < 4.78 is 22.4. The molecule has 178 valence electrons. The van der Waals surface area contributed by atoms with E-state index in [9.17, 15) is 4.79 Å². The van der Waals surface area contributed by atoms with Crippen LogP contribution in [0.15, 0.2) is 75.9 Å². The van der Waals surface area contributed by atoms with E-state index < -0.39 is 0 Å². The van der Waals surface area contributed by atoms with Crippen LogP contribution in [0.3, 0.4) is 0 Å². The van der Waals surface area contributed by atoms with Gasteiger partial charge in [0.05, 0.1) is 24.9 Å². The maximum Gasteiger partial charge on any atom is 0.254 e. The molecular weight excluding hydrogens is 446 g/mol. The Bertz CT molecular complexity index is 1310. The predicted octanol–water partition coefficient (Wildman–Crippen LogP) is 5.11. The van der Waals surface area contributed by atoms with Crippen molar-refractivity contribution in [2.45, 2.75) is 25.9 Å². The number of anilines is 1. The number of hydrogen-bond acceptors (Lipinski definition) is 7. The van der Waals surface area contributed by atoms with E-state index >= 15 is 0 Å². The van der Waals surface area contributed by atoms with Gasteiger partial charge in [-0.2, -0.15) is 0 Å². The maximum absolute atomic E-state index is 13.8. The summed E-state index contributed by atoms with van der Waals surface area (Å²) in [5.41, 5.74) is 3.10. The lowest BCUT2D eigenvalue weighted by atomic mass is 10.1.